The molecule has 14 aromatic rings. The maximum absolute atomic E-state index is 5.51. The Morgan fingerprint density at radius 2 is 0.800 bits per heavy atom. The first-order valence-corrected chi connectivity index (χ1v) is 24.1. The molecule has 330 valence electrons. The van der Waals surface area contributed by atoms with Crippen molar-refractivity contribution in [3.63, 3.8) is 0 Å². The van der Waals surface area contributed by atoms with Gasteiger partial charge in [-0.05, 0) is 110 Å². The Morgan fingerprint density at radius 3 is 1.33 bits per heavy atom. The van der Waals surface area contributed by atoms with Crippen molar-refractivity contribution in [1.82, 2.24) is 32.8 Å². The zero-order chi connectivity index (χ0) is 46.0. The number of rotatable bonds is 6. The fourth-order valence-corrected chi connectivity index (χ4v) is 11.5. The molecule has 0 amide bonds. The molecule has 7 nitrogen and oxygen atoms in total. The summed E-state index contributed by atoms with van der Waals surface area (Å²) in [5, 5.41) is 7.15. The number of fused-ring (bicyclic) bond motifs is 11. The third kappa shape index (κ3) is 5.63. The first-order chi connectivity index (χ1) is 34.6. The molecule has 0 radical (unpaired) electrons. The number of imidazole rings is 2. The molecule has 0 bridgehead atoms. The van der Waals surface area contributed by atoms with Crippen molar-refractivity contribution in [2.24, 2.45) is 7.05 Å². The van der Waals surface area contributed by atoms with Gasteiger partial charge in [0.1, 0.15) is 11.6 Å². The standard InChI is InChI=1S/C63H43N7/c1-66-58-38-60-52(64-62(40-18-6-2-7-19-40)69(60)44-30-32-56-48(34-44)46-26-14-16-28-54(46)67(56)42-22-10-4-11-23-42)36-50(58)51-37-53-61(39-59(51)66)70(63(65-53)41-20-8-3-9-21-41)45-31-33-57-49(35-45)47-27-15-17-29-55(47)68(57)43-24-12-5-13-25-43/h2,4-8,10-39H,3,9H2,1H3. The fourth-order valence-electron chi connectivity index (χ4n) is 11.5. The van der Waals surface area contributed by atoms with E-state index in [-0.39, 0.29) is 0 Å². The zero-order valence-corrected chi connectivity index (χ0v) is 38.3. The molecule has 0 spiro atoms. The van der Waals surface area contributed by atoms with Crippen LogP contribution < -0.4 is 0 Å². The molecule has 1 aliphatic rings. The first kappa shape index (κ1) is 38.9. The Bertz CT molecular complexity index is 4520. The van der Waals surface area contributed by atoms with Crippen LogP contribution >= 0.6 is 0 Å². The molecule has 0 unspecified atom stereocenters. The average molecular weight is 898 g/mol. The van der Waals surface area contributed by atoms with E-state index in [0.717, 1.165) is 102 Å². The molecule has 0 saturated carbocycles. The van der Waals surface area contributed by atoms with Gasteiger partial charge in [0.15, 0.2) is 0 Å². The predicted molar refractivity (Wildman–Crippen MR) is 290 cm³/mol. The van der Waals surface area contributed by atoms with E-state index in [1.165, 1.54) is 43.6 Å². The quantitative estimate of drug-likeness (QED) is 0.167. The van der Waals surface area contributed by atoms with E-state index in [9.17, 15) is 0 Å². The molecule has 1 aliphatic carbocycles. The topological polar surface area (TPSA) is 50.4 Å². The number of nitrogens with zero attached hydrogens (tertiary/aromatic N) is 7. The van der Waals surface area contributed by atoms with Gasteiger partial charge in [0, 0.05) is 73.3 Å². The molecular formula is C63H43N7. The van der Waals surface area contributed by atoms with Gasteiger partial charge in [-0.3, -0.25) is 9.13 Å². The number of para-hydroxylation sites is 4. The number of aryl methyl sites for hydroxylation is 1. The summed E-state index contributed by atoms with van der Waals surface area (Å²) in [6.45, 7) is 0. The molecule has 15 rings (SSSR count). The van der Waals surface area contributed by atoms with E-state index in [4.69, 9.17) is 9.97 Å². The van der Waals surface area contributed by atoms with Crippen LogP contribution in [0.3, 0.4) is 0 Å². The van der Waals surface area contributed by atoms with Crippen LogP contribution in [-0.4, -0.2) is 32.8 Å². The lowest BCUT2D eigenvalue weighted by Gasteiger charge is -2.13. The van der Waals surface area contributed by atoms with Crippen LogP contribution in [0.2, 0.25) is 0 Å². The van der Waals surface area contributed by atoms with Crippen molar-refractivity contribution >= 4 is 93.1 Å². The second-order valence-electron chi connectivity index (χ2n) is 18.6. The van der Waals surface area contributed by atoms with Gasteiger partial charge in [0.05, 0.1) is 55.2 Å². The second kappa shape index (κ2) is 14.9. The van der Waals surface area contributed by atoms with Gasteiger partial charge in [0.2, 0.25) is 0 Å². The van der Waals surface area contributed by atoms with Crippen molar-refractivity contribution < 1.29 is 0 Å². The maximum atomic E-state index is 5.51. The molecule has 0 atom stereocenters. The largest absolute Gasteiger partial charge is 0.343 e. The molecule has 0 aliphatic heterocycles. The Labute approximate surface area is 402 Å². The Morgan fingerprint density at radius 1 is 0.343 bits per heavy atom. The van der Waals surface area contributed by atoms with E-state index in [2.05, 4.69) is 248 Å². The molecule has 70 heavy (non-hydrogen) atoms. The van der Waals surface area contributed by atoms with Crippen molar-refractivity contribution in [3.05, 3.63) is 224 Å². The van der Waals surface area contributed by atoms with E-state index in [0.29, 0.717) is 0 Å². The van der Waals surface area contributed by atoms with Crippen molar-refractivity contribution in [1.29, 1.82) is 0 Å². The third-order valence-corrected chi connectivity index (χ3v) is 14.7. The fraction of sp³-hybridized carbons (Fsp3) is 0.0476. The van der Waals surface area contributed by atoms with Crippen LogP contribution in [0.4, 0.5) is 0 Å². The smallest absolute Gasteiger partial charge is 0.145 e. The summed E-state index contributed by atoms with van der Waals surface area (Å²) in [7, 11) is 2.20. The summed E-state index contributed by atoms with van der Waals surface area (Å²) in [4.78, 5) is 11.0. The molecule has 5 heterocycles. The maximum Gasteiger partial charge on any atom is 0.145 e. The zero-order valence-electron chi connectivity index (χ0n) is 38.3. The summed E-state index contributed by atoms with van der Waals surface area (Å²) < 4.78 is 11.8. The van der Waals surface area contributed by atoms with Crippen molar-refractivity contribution in [2.75, 3.05) is 0 Å². The van der Waals surface area contributed by atoms with Gasteiger partial charge < -0.3 is 13.7 Å². The highest BCUT2D eigenvalue weighted by atomic mass is 15.1. The minimum absolute atomic E-state index is 0.907. The normalized spacial score (nSPS) is 13.1. The Balaban J connectivity index is 0.953. The van der Waals surface area contributed by atoms with Gasteiger partial charge in [-0.15, -0.1) is 0 Å². The molecule has 7 heteroatoms. The van der Waals surface area contributed by atoms with Gasteiger partial charge in [-0.1, -0.05) is 121 Å². The van der Waals surface area contributed by atoms with Crippen LogP contribution in [0, 0.1) is 0 Å². The molecule has 9 aromatic carbocycles. The summed E-state index contributed by atoms with van der Waals surface area (Å²) in [5.41, 5.74) is 17.7. The summed E-state index contributed by atoms with van der Waals surface area (Å²) in [5.74, 6) is 1.86. The average Bonchev–Trinajstić information content (AvgIpc) is 4.22. The monoisotopic (exact) mass is 897 g/mol. The van der Waals surface area contributed by atoms with Gasteiger partial charge >= 0.3 is 0 Å². The summed E-state index contributed by atoms with van der Waals surface area (Å²) in [6, 6.07) is 72.4. The lowest BCUT2D eigenvalue weighted by atomic mass is 10.1. The van der Waals surface area contributed by atoms with Crippen LogP contribution in [-0.2, 0) is 7.05 Å². The van der Waals surface area contributed by atoms with Crippen LogP contribution in [0.5, 0.6) is 0 Å². The van der Waals surface area contributed by atoms with E-state index in [1.807, 2.05) is 0 Å². The lowest BCUT2D eigenvalue weighted by Crippen LogP contribution is -2.01. The number of benzene rings is 9. The number of aromatic nitrogens is 7. The van der Waals surface area contributed by atoms with E-state index < -0.39 is 0 Å². The van der Waals surface area contributed by atoms with Crippen LogP contribution in [0.25, 0.3) is 127 Å². The predicted octanol–water partition coefficient (Wildman–Crippen LogP) is 15.6. The lowest BCUT2D eigenvalue weighted by molar-refractivity contribution is 1.01. The van der Waals surface area contributed by atoms with Gasteiger partial charge in [0.25, 0.3) is 0 Å². The highest BCUT2D eigenvalue weighted by Crippen LogP contribution is 2.41. The number of hydrogen-bond donors (Lipinski definition) is 0. The van der Waals surface area contributed by atoms with Gasteiger partial charge in [-0.2, -0.15) is 0 Å². The highest BCUT2D eigenvalue weighted by molar-refractivity contribution is 6.16. The summed E-state index contributed by atoms with van der Waals surface area (Å²) in [6.07, 6.45) is 8.88. The highest BCUT2D eigenvalue weighted by Gasteiger charge is 2.24. The number of allylic oxidation sites excluding steroid dienone is 4. The van der Waals surface area contributed by atoms with Crippen LogP contribution in [0.15, 0.2) is 218 Å². The van der Waals surface area contributed by atoms with Gasteiger partial charge in [-0.25, -0.2) is 9.97 Å². The Hall–Kier alpha value is -9.20. The van der Waals surface area contributed by atoms with Crippen molar-refractivity contribution in [3.8, 4) is 34.1 Å². The minimum Gasteiger partial charge on any atom is -0.343 e. The first-order valence-electron chi connectivity index (χ1n) is 24.1. The SMILES string of the molecule is Cn1c2cc3c(cc2c2cc4nc(-c5ccccc5)n(-c5ccc6c(c5)c5ccccc5n6-c5ccccc5)c4cc21)nc(C1=CCCC=C1)n3-c1ccc2c(c1)c1ccccc1n2-c1ccccc1. The van der Waals surface area contributed by atoms with E-state index >= 15 is 0 Å². The van der Waals surface area contributed by atoms with Crippen LogP contribution in [0.1, 0.15) is 18.7 Å². The molecule has 5 aromatic heterocycles. The summed E-state index contributed by atoms with van der Waals surface area (Å²) >= 11 is 0. The molecule has 0 saturated heterocycles. The van der Waals surface area contributed by atoms with E-state index in [1.54, 1.807) is 0 Å². The Kier molecular flexibility index (Phi) is 8.27. The number of hydrogen-bond acceptors (Lipinski definition) is 2. The molecule has 0 N–H and O–H groups in total. The minimum atomic E-state index is 0.907. The van der Waals surface area contributed by atoms with Crippen molar-refractivity contribution in [2.45, 2.75) is 12.8 Å². The molecule has 0 fully saturated rings. The molecular weight excluding hydrogens is 855 g/mol. The second-order valence-corrected chi connectivity index (χ2v) is 18.6. The third-order valence-electron chi connectivity index (χ3n) is 14.7.